The second-order valence-electron chi connectivity index (χ2n) is 5.96. The predicted octanol–water partition coefficient (Wildman–Crippen LogP) is 4.22. The van der Waals surface area contributed by atoms with Gasteiger partial charge in [0.25, 0.3) is 0 Å². The number of ether oxygens (including phenoxy) is 2. The van der Waals surface area contributed by atoms with Crippen LogP contribution in [-0.2, 0) is 5.41 Å². The SMILES string of the molecule is CC(C)(C)c1nc(-c2cc(Br)c3c(c2)OCCO3)c(N)s1. The number of aromatic nitrogens is 1. The average molecular weight is 369 g/mol. The van der Waals surface area contributed by atoms with Crippen LogP contribution in [0.25, 0.3) is 11.3 Å². The van der Waals surface area contributed by atoms with Crippen LogP contribution in [0.2, 0.25) is 0 Å². The summed E-state index contributed by atoms with van der Waals surface area (Å²) in [6, 6.07) is 3.92. The fourth-order valence-corrected chi connectivity index (χ4v) is 3.58. The molecule has 0 amide bonds. The van der Waals surface area contributed by atoms with Crippen LogP contribution in [0.4, 0.5) is 5.00 Å². The molecule has 0 unspecified atom stereocenters. The van der Waals surface area contributed by atoms with Crippen molar-refractivity contribution in [1.29, 1.82) is 0 Å². The zero-order valence-electron chi connectivity index (χ0n) is 12.2. The minimum atomic E-state index is -0.0118. The monoisotopic (exact) mass is 368 g/mol. The summed E-state index contributed by atoms with van der Waals surface area (Å²) in [5, 5.41) is 1.75. The summed E-state index contributed by atoms with van der Waals surface area (Å²) in [5.41, 5.74) is 7.90. The van der Waals surface area contributed by atoms with Crippen LogP contribution in [-0.4, -0.2) is 18.2 Å². The zero-order chi connectivity index (χ0) is 15.2. The van der Waals surface area contributed by atoms with E-state index in [4.69, 9.17) is 20.2 Å². The molecule has 2 N–H and O–H groups in total. The van der Waals surface area contributed by atoms with Gasteiger partial charge in [-0.25, -0.2) is 4.98 Å². The van der Waals surface area contributed by atoms with E-state index in [1.807, 2.05) is 12.1 Å². The Morgan fingerprint density at radius 2 is 1.95 bits per heavy atom. The smallest absolute Gasteiger partial charge is 0.175 e. The van der Waals surface area contributed by atoms with Crippen molar-refractivity contribution in [3.63, 3.8) is 0 Å². The molecule has 6 heteroatoms. The van der Waals surface area contributed by atoms with E-state index < -0.39 is 0 Å². The summed E-state index contributed by atoms with van der Waals surface area (Å²) in [7, 11) is 0. The third kappa shape index (κ3) is 2.74. The Bertz CT molecular complexity index is 692. The topological polar surface area (TPSA) is 57.4 Å². The number of nitrogens with zero attached hydrogens (tertiary/aromatic N) is 1. The van der Waals surface area contributed by atoms with E-state index in [1.165, 1.54) is 11.3 Å². The van der Waals surface area contributed by atoms with Gasteiger partial charge in [-0.1, -0.05) is 20.8 Å². The van der Waals surface area contributed by atoms with Gasteiger partial charge >= 0.3 is 0 Å². The van der Waals surface area contributed by atoms with Gasteiger partial charge in [-0.15, -0.1) is 11.3 Å². The second kappa shape index (κ2) is 5.18. The Labute approximate surface area is 136 Å². The van der Waals surface area contributed by atoms with E-state index in [0.29, 0.717) is 13.2 Å². The molecule has 2 aromatic rings. The molecular weight excluding hydrogens is 352 g/mol. The summed E-state index contributed by atoms with van der Waals surface area (Å²) in [5.74, 6) is 1.48. The summed E-state index contributed by atoms with van der Waals surface area (Å²) in [6.07, 6.45) is 0. The average Bonchev–Trinajstić information content (AvgIpc) is 2.81. The first-order chi connectivity index (χ1) is 9.86. The number of nitrogen functional groups attached to an aromatic ring is 1. The van der Waals surface area contributed by atoms with Gasteiger partial charge in [0.2, 0.25) is 0 Å². The molecule has 1 aliphatic rings. The van der Waals surface area contributed by atoms with Gasteiger partial charge in [-0.05, 0) is 28.1 Å². The molecular formula is C15H17BrN2O2S. The highest BCUT2D eigenvalue weighted by Gasteiger charge is 2.23. The molecule has 2 heterocycles. The lowest BCUT2D eigenvalue weighted by atomic mass is 9.98. The molecule has 0 fully saturated rings. The maximum atomic E-state index is 6.16. The number of fused-ring (bicyclic) bond motifs is 1. The van der Waals surface area contributed by atoms with Crippen molar-refractivity contribution < 1.29 is 9.47 Å². The third-order valence-corrected chi connectivity index (χ3v) is 5.06. The molecule has 1 aliphatic heterocycles. The van der Waals surface area contributed by atoms with Crippen LogP contribution in [0.1, 0.15) is 25.8 Å². The van der Waals surface area contributed by atoms with Crippen molar-refractivity contribution in [2.45, 2.75) is 26.2 Å². The van der Waals surface area contributed by atoms with Gasteiger partial charge in [0.1, 0.15) is 28.9 Å². The molecule has 112 valence electrons. The van der Waals surface area contributed by atoms with Gasteiger partial charge in [-0.2, -0.15) is 0 Å². The number of hydrogen-bond acceptors (Lipinski definition) is 5. The second-order valence-corrected chi connectivity index (χ2v) is 7.85. The number of thiazole rings is 1. The highest BCUT2D eigenvalue weighted by atomic mass is 79.9. The molecule has 0 aliphatic carbocycles. The first-order valence-electron chi connectivity index (χ1n) is 6.72. The van der Waals surface area contributed by atoms with E-state index in [9.17, 15) is 0 Å². The number of hydrogen-bond donors (Lipinski definition) is 1. The number of rotatable bonds is 1. The van der Waals surface area contributed by atoms with Crippen molar-refractivity contribution >= 4 is 32.3 Å². The molecule has 3 rings (SSSR count). The van der Waals surface area contributed by atoms with Crippen LogP contribution < -0.4 is 15.2 Å². The number of nitrogens with two attached hydrogens (primary N) is 1. The molecule has 0 saturated heterocycles. The highest BCUT2D eigenvalue weighted by Crippen LogP contribution is 2.43. The molecule has 0 spiro atoms. The Morgan fingerprint density at radius 1 is 1.24 bits per heavy atom. The van der Waals surface area contributed by atoms with Crippen molar-refractivity contribution in [1.82, 2.24) is 4.98 Å². The maximum Gasteiger partial charge on any atom is 0.175 e. The molecule has 0 atom stereocenters. The Morgan fingerprint density at radius 3 is 2.62 bits per heavy atom. The lowest BCUT2D eigenvalue weighted by Crippen LogP contribution is -2.15. The Balaban J connectivity index is 2.09. The minimum Gasteiger partial charge on any atom is -0.486 e. The number of anilines is 1. The molecule has 1 aromatic carbocycles. The molecule has 4 nitrogen and oxygen atoms in total. The van der Waals surface area contributed by atoms with Crippen LogP contribution >= 0.6 is 27.3 Å². The van der Waals surface area contributed by atoms with Crippen LogP contribution in [0.3, 0.4) is 0 Å². The van der Waals surface area contributed by atoms with E-state index >= 15 is 0 Å². The van der Waals surface area contributed by atoms with Crippen molar-refractivity contribution in [2.24, 2.45) is 0 Å². The van der Waals surface area contributed by atoms with Gasteiger partial charge in [0, 0.05) is 11.0 Å². The summed E-state index contributed by atoms with van der Waals surface area (Å²) >= 11 is 5.07. The van der Waals surface area contributed by atoms with Crippen molar-refractivity contribution in [3.8, 4) is 22.8 Å². The maximum absolute atomic E-state index is 6.16. The normalized spacial score (nSPS) is 14.3. The van der Waals surface area contributed by atoms with Crippen molar-refractivity contribution in [3.05, 3.63) is 21.6 Å². The molecule has 1 aromatic heterocycles. The first kappa shape index (κ1) is 14.7. The van der Waals surface area contributed by atoms with Crippen LogP contribution in [0.5, 0.6) is 11.5 Å². The molecule has 0 radical (unpaired) electrons. The summed E-state index contributed by atoms with van der Waals surface area (Å²) in [4.78, 5) is 4.72. The lowest BCUT2D eigenvalue weighted by Gasteiger charge is -2.20. The van der Waals surface area contributed by atoms with E-state index in [1.54, 1.807) is 0 Å². The fourth-order valence-electron chi connectivity index (χ4n) is 2.11. The molecule has 21 heavy (non-hydrogen) atoms. The Hall–Kier alpha value is -1.27. The Kier molecular flexibility index (Phi) is 3.61. The van der Waals surface area contributed by atoms with E-state index in [2.05, 4.69) is 36.7 Å². The standard InChI is InChI=1S/C15H17BrN2O2S/c1-15(2,3)14-18-11(13(17)21-14)8-6-9(16)12-10(7-8)19-4-5-20-12/h6-7H,4-5,17H2,1-3H3. The predicted molar refractivity (Wildman–Crippen MR) is 89.4 cm³/mol. The van der Waals surface area contributed by atoms with E-state index in [-0.39, 0.29) is 5.41 Å². The number of benzene rings is 1. The van der Waals surface area contributed by atoms with E-state index in [0.717, 1.165) is 37.2 Å². The van der Waals surface area contributed by atoms with Crippen LogP contribution in [0.15, 0.2) is 16.6 Å². The first-order valence-corrected chi connectivity index (χ1v) is 8.33. The molecule has 0 bridgehead atoms. The summed E-state index contributed by atoms with van der Waals surface area (Å²) in [6.45, 7) is 7.53. The zero-order valence-corrected chi connectivity index (χ0v) is 14.6. The quantitative estimate of drug-likeness (QED) is 0.818. The van der Waals surface area contributed by atoms with Gasteiger partial charge in [-0.3, -0.25) is 0 Å². The lowest BCUT2D eigenvalue weighted by molar-refractivity contribution is 0.170. The number of halogens is 1. The van der Waals surface area contributed by atoms with Crippen LogP contribution in [0, 0.1) is 0 Å². The minimum absolute atomic E-state index is 0.0118. The third-order valence-electron chi connectivity index (χ3n) is 3.17. The van der Waals surface area contributed by atoms with Gasteiger partial charge in [0.15, 0.2) is 11.5 Å². The largest absolute Gasteiger partial charge is 0.486 e. The fraction of sp³-hybridized carbons (Fsp3) is 0.400. The van der Waals surface area contributed by atoms with Gasteiger partial charge in [0.05, 0.1) is 4.47 Å². The van der Waals surface area contributed by atoms with Crippen molar-refractivity contribution in [2.75, 3.05) is 18.9 Å². The highest BCUT2D eigenvalue weighted by molar-refractivity contribution is 9.10. The summed E-state index contributed by atoms with van der Waals surface area (Å²) < 4.78 is 12.1. The molecule has 0 saturated carbocycles. The van der Waals surface area contributed by atoms with Gasteiger partial charge < -0.3 is 15.2 Å².